The Morgan fingerprint density at radius 2 is 1.79 bits per heavy atom. The van der Waals surface area contributed by atoms with Crippen LogP contribution in [0, 0.1) is 23.2 Å². The minimum absolute atomic E-state index is 0.0620. The van der Waals surface area contributed by atoms with Gasteiger partial charge in [-0.3, -0.25) is 9.69 Å². The molecule has 2 saturated heterocycles. The van der Waals surface area contributed by atoms with E-state index in [0.29, 0.717) is 22.0 Å². The number of aromatic nitrogens is 2. The Morgan fingerprint density at radius 3 is 2.44 bits per heavy atom. The largest absolute Gasteiger partial charge is 0.490 e. The second-order valence-electron chi connectivity index (χ2n) is 11.4. The molecule has 2 aliphatic carbocycles. The number of nitriles is 1. The van der Waals surface area contributed by atoms with E-state index in [1.54, 1.807) is 30.6 Å². The van der Waals surface area contributed by atoms with Crippen LogP contribution in [0.15, 0.2) is 30.6 Å². The molecule has 1 unspecified atom stereocenters. The minimum Gasteiger partial charge on any atom is -0.490 e. The highest BCUT2D eigenvalue weighted by molar-refractivity contribution is 6.31. The number of amides is 1. The molecule has 1 aromatic heterocycles. The van der Waals surface area contributed by atoms with Crippen molar-refractivity contribution in [3.05, 3.63) is 46.9 Å². The predicted molar refractivity (Wildman–Crippen MR) is 149 cm³/mol. The molecule has 2 aliphatic heterocycles. The maximum atomic E-state index is 12.8. The van der Waals surface area contributed by atoms with E-state index in [1.165, 1.54) is 25.9 Å². The lowest BCUT2D eigenvalue weighted by atomic mass is 9.93. The van der Waals surface area contributed by atoms with Crippen molar-refractivity contribution in [3.63, 3.8) is 0 Å². The Labute approximate surface area is 234 Å². The Bertz CT molecular complexity index is 1190. The molecule has 0 radical (unpaired) electrons. The average molecular weight is 550 g/mol. The first-order valence-electron chi connectivity index (χ1n) is 14.2. The molecule has 6 rings (SSSR count). The van der Waals surface area contributed by atoms with E-state index >= 15 is 0 Å². The van der Waals surface area contributed by atoms with Gasteiger partial charge in [0.25, 0.3) is 5.91 Å². The van der Waals surface area contributed by atoms with Crippen molar-refractivity contribution < 1.29 is 9.53 Å². The molecule has 39 heavy (non-hydrogen) atoms. The number of rotatable bonds is 6. The quantitative estimate of drug-likeness (QED) is 0.565. The first-order valence-corrected chi connectivity index (χ1v) is 14.6. The number of hydrogen-bond donors (Lipinski definition) is 2. The fourth-order valence-corrected chi connectivity index (χ4v) is 7.00. The van der Waals surface area contributed by atoms with Crippen LogP contribution >= 0.6 is 11.6 Å². The maximum absolute atomic E-state index is 12.8. The van der Waals surface area contributed by atoms with Crippen molar-refractivity contribution in [1.29, 1.82) is 5.26 Å². The van der Waals surface area contributed by atoms with Crippen molar-refractivity contribution in [3.8, 4) is 11.8 Å². The third-order valence-electron chi connectivity index (χ3n) is 9.03. The third kappa shape index (κ3) is 5.98. The average Bonchev–Trinajstić information content (AvgIpc) is 3.58. The summed E-state index contributed by atoms with van der Waals surface area (Å²) in [5.74, 6) is 3.08. The van der Waals surface area contributed by atoms with E-state index in [2.05, 4.69) is 36.5 Å². The number of benzene rings is 1. The van der Waals surface area contributed by atoms with E-state index in [4.69, 9.17) is 21.6 Å². The molecular weight excluding hydrogens is 514 g/mol. The monoisotopic (exact) mass is 549 g/mol. The highest BCUT2D eigenvalue weighted by Crippen LogP contribution is 2.37. The summed E-state index contributed by atoms with van der Waals surface area (Å²) in [6.07, 6.45) is 9.40. The fraction of sp³-hybridized carbons (Fsp3) is 0.586. The molecule has 206 valence electrons. The number of ether oxygens (including phenoxy) is 1. The van der Waals surface area contributed by atoms with Gasteiger partial charge in [0.2, 0.25) is 0 Å². The van der Waals surface area contributed by atoms with E-state index in [1.807, 2.05) is 0 Å². The van der Waals surface area contributed by atoms with E-state index in [-0.39, 0.29) is 18.1 Å². The number of nitrogens with one attached hydrogen (secondary N) is 2. The zero-order valence-corrected chi connectivity index (χ0v) is 22.9. The summed E-state index contributed by atoms with van der Waals surface area (Å²) in [6, 6.07) is 8.02. The van der Waals surface area contributed by atoms with Crippen LogP contribution in [0.2, 0.25) is 5.02 Å². The smallest absolute Gasteiger partial charge is 0.271 e. The number of piperazine rings is 1. The molecule has 1 amide bonds. The summed E-state index contributed by atoms with van der Waals surface area (Å²) >= 11 is 6.12. The second kappa shape index (κ2) is 11.7. The highest BCUT2D eigenvalue weighted by atomic mass is 35.5. The van der Waals surface area contributed by atoms with Gasteiger partial charge in [-0.2, -0.15) is 5.26 Å². The van der Waals surface area contributed by atoms with Crippen LogP contribution in [0.3, 0.4) is 0 Å². The number of fused-ring (bicyclic) bond motifs is 1. The number of carbonyl (C=O) groups excluding carboxylic acids is 1. The Kier molecular flexibility index (Phi) is 7.87. The molecule has 2 aromatic rings. The molecule has 2 N–H and O–H groups in total. The summed E-state index contributed by atoms with van der Waals surface area (Å²) in [5.41, 5.74) is 0.794. The molecule has 2 saturated carbocycles. The van der Waals surface area contributed by atoms with Gasteiger partial charge in [0.05, 0.1) is 29.1 Å². The van der Waals surface area contributed by atoms with Crippen molar-refractivity contribution in [2.75, 3.05) is 44.2 Å². The number of anilines is 1. The van der Waals surface area contributed by atoms with Gasteiger partial charge in [-0.1, -0.05) is 11.6 Å². The van der Waals surface area contributed by atoms with Crippen LogP contribution in [0.5, 0.6) is 5.75 Å². The minimum atomic E-state index is -0.177. The zero-order chi connectivity index (χ0) is 26.8. The molecule has 3 atom stereocenters. The summed E-state index contributed by atoms with van der Waals surface area (Å²) in [7, 11) is 0. The Balaban J connectivity index is 0.939. The number of carbonyl (C=O) groups is 1. The molecule has 3 heterocycles. The van der Waals surface area contributed by atoms with Crippen LogP contribution in [-0.4, -0.2) is 78.2 Å². The standard InChI is InChI=1S/C29H36ClN7O2/c30-26-13-25(4-1-19(26)14-31)39-24-5-2-22(3-6-24)35-29(38)27-17-34-28(18-33-27)37-9-7-36(8-10-37)23-11-20-15-32-16-21(20)12-23/h1,4,13,17-18,20-24,32H,2-3,5-12,15-16H2,(H,35,38)/t20-,21+,22?,23?,24?. The molecule has 4 aliphatic rings. The normalized spacial score (nSPS) is 29.0. The van der Waals surface area contributed by atoms with Crippen molar-refractivity contribution >= 4 is 23.3 Å². The van der Waals surface area contributed by atoms with Gasteiger partial charge in [-0.25, -0.2) is 9.97 Å². The van der Waals surface area contributed by atoms with Crippen molar-refractivity contribution in [2.24, 2.45) is 11.8 Å². The van der Waals surface area contributed by atoms with Crippen LogP contribution in [0.4, 0.5) is 5.82 Å². The van der Waals surface area contributed by atoms with Gasteiger partial charge in [0, 0.05) is 44.3 Å². The summed E-state index contributed by atoms with van der Waals surface area (Å²) in [4.78, 5) is 26.8. The van der Waals surface area contributed by atoms with Gasteiger partial charge >= 0.3 is 0 Å². The SMILES string of the molecule is N#Cc1ccc(OC2CCC(NC(=O)c3cnc(N4CCN(C5C[C@H]6CNC[C@H]6C5)CC4)cn3)CC2)cc1Cl. The van der Waals surface area contributed by atoms with E-state index < -0.39 is 0 Å². The topological polar surface area (TPSA) is 106 Å². The van der Waals surface area contributed by atoms with Crippen LogP contribution in [0.25, 0.3) is 0 Å². The van der Waals surface area contributed by atoms with Crippen LogP contribution < -0.4 is 20.3 Å². The maximum Gasteiger partial charge on any atom is 0.271 e. The summed E-state index contributed by atoms with van der Waals surface area (Å²) in [5, 5.41) is 16.1. The molecule has 4 fully saturated rings. The lowest BCUT2D eigenvalue weighted by Gasteiger charge is -2.38. The highest BCUT2D eigenvalue weighted by Gasteiger charge is 2.40. The number of hydrogen-bond acceptors (Lipinski definition) is 8. The zero-order valence-electron chi connectivity index (χ0n) is 22.2. The van der Waals surface area contributed by atoms with Gasteiger partial charge in [0.15, 0.2) is 0 Å². The number of halogens is 1. The van der Waals surface area contributed by atoms with Crippen LogP contribution in [-0.2, 0) is 0 Å². The van der Waals surface area contributed by atoms with Crippen molar-refractivity contribution in [1.82, 2.24) is 25.5 Å². The lowest BCUT2D eigenvalue weighted by molar-refractivity contribution is 0.0888. The van der Waals surface area contributed by atoms with Gasteiger partial charge in [0.1, 0.15) is 23.3 Å². The molecule has 9 nitrogen and oxygen atoms in total. The first kappa shape index (κ1) is 26.3. The summed E-state index contributed by atoms with van der Waals surface area (Å²) in [6.45, 7) is 6.41. The van der Waals surface area contributed by atoms with E-state index in [9.17, 15) is 4.79 Å². The van der Waals surface area contributed by atoms with Gasteiger partial charge in [-0.05, 0) is 75.6 Å². The second-order valence-corrected chi connectivity index (χ2v) is 11.8. The van der Waals surface area contributed by atoms with Gasteiger partial charge < -0.3 is 20.3 Å². The van der Waals surface area contributed by atoms with Crippen molar-refractivity contribution in [2.45, 2.75) is 56.7 Å². The Morgan fingerprint density at radius 1 is 1.05 bits per heavy atom. The first-order chi connectivity index (χ1) is 19.1. The third-order valence-corrected chi connectivity index (χ3v) is 9.34. The molecular formula is C29H36ClN7O2. The fourth-order valence-electron chi connectivity index (χ4n) is 6.79. The molecule has 0 bridgehead atoms. The molecule has 0 spiro atoms. The van der Waals surface area contributed by atoms with Gasteiger partial charge in [-0.15, -0.1) is 0 Å². The van der Waals surface area contributed by atoms with E-state index in [0.717, 1.165) is 75.6 Å². The summed E-state index contributed by atoms with van der Waals surface area (Å²) < 4.78 is 6.06. The molecule has 1 aromatic carbocycles. The predicted octanol–water partition coefficient (Wildman–Crippen LogP) is 3.24. The Hall–Kier alpha value is -2.93. The molecule has 10 heteroatoms. The lowest BCUT2D eigenvalue weighted by Crippen LogP contribution is -2.50. The van der Waals surface area contributed by atoms with Crippen LogP contribution in [0.1, 0.15) is 54.6 Å². The number of nitrogens with zero attached hydrogens (tertiary/aromatic N) is 5.